The molecule has 0 N–H and O–H groups in total. The summed E-state index contributed by atoms with van der Waals surface area (Å²) in [6.45, 7) is 6.45. The highest BCUT2D eigenvalue weighted by Gasteiger charge is 2.19. The van der Waals surface area contributed by atoms with Crippen molar-refractivity contribution in [3.63, 3.8) is 0 Å². The highest BCUT2D eigenvalue weighted by atomic mass is 16.6. The second-order valence-corrected chi connectivity index (χ2v) is 18.8. The largest absolute Gasteiger partial charge is 0.462 e. The molecule has 0 spiro atoms. The van der Waals surface area contributed by atoms with Crippen LogP contribution in [0.5, 0.6) is 0 Å². The zero-order valence-electron chi connectivity index (χ0n) is 45.5. The average Bonchev–Trinajstić information content (AvgIpc) is 3.36. The maximum absolute atomic E-state index is 12.8. The van der Waals surface area contributed by atoms with Crippen LogP contribution in [-0.4, -0.2) is 37.2 Å². The molecule has 1 atom stereocenters. The number of carbonyl (C=O) groups is 3. The summed E-state index contributed by atoms with van der Waals surface area (Å²) in [7, 11) is 0. The molecule has 0 aliphatic heterocycles. The molecule has 0 bridgehead atoms. The summed E-state index contributed by atoms with van der Waals surface area (Å²) >= 11 is 0. The normalized spacial score (nSPS) is 12.9. The molecule has 0 saturated carbocycles. The van der Waals surface area contributed by atoms with Crippen LogP contribution in [0.25, 0.3) is 0 Å². The minimum atomic E-state index is -0.806. The zero-order chi connectivity index (χ0) is 50.7. The van der Waals surface area contributed by atoms with Crippen LogP contribution in [0.2, 0.25) is 0 Å². The number of carbonyl (C=O) groups excluding carboxylic acids is 3. The van der Waals surface area contributed by atoms with Gasteiger partial charge in [-0.1, -0.05) is 246 Å². The van der Waals surface area contributed by atoms with Crippen molar-refractivity contribution in [1.29, 1.82) is 0 Å². The van der Waals surface area contributed by atoms with Gasteiger partial charge in [0.15, 0.2) is 6.10 Å². The van der Waals surface area contributed by atoms with Gasteiger partial charge in [0.05, 0.1) is 0 Å². The second kappa shape index (κ2) is 57.6. The first-order valence-electron chi connectivity index (χ1n) is 28.9. The van der Waals surface area contributed by atoms with Crippen LogP contribution in [0.4, 0.5) is 0 Å². The van der Waals surface area contributed by atoms with Gasteiger partial charge in [0.2, 0.25) is 0 Å². The minimum Gasteiger partial charge on any atom is -0.462 e. The van der Waals surface area contributed by atoms with Gasteiger partial charge < -0.3 is 14.2 Å². The van der Waals surface area contributed by atoms with E-state index in [2.05, 4.69) is 130 Å². The first-order chi connectivity index (χ1) is 34.5. The molecule has 6 heteroatoms. The summed E-state index contributed by atoms with van der Waals surface area (Å²) < 4.78 is 16.8. The Labute approximate surface area is 431 Å². The molecule has 0 aliphatic carbocycles. The molecule has 0 aromatic rings. The quantitative estimate of drug-likeness (QED) is 0.0262. The van der Waals surface area contributed by atoms with Crippen molar-refractivity contribution >= 4 is 17.9 Å². The molecule has 6 nitrogen and oxygen atoms in total. The third kappa shape index (κ3) is 55.0. The summed E-state index contributed by atoms with van der Waals surface area (Å²) in [6.07, 6.45) is 77.9. The van der Waals surface area contributed by atoms with Crippen molar-refractivity contribution in [1.82, 2.24) is 0 Å². The number of ether oxygens (including phenoxy) is 3. The first-order valence-corrected chi connectivity index (χ1v) is 28.9. The molecule has 0 amide bonds. The van der Waals surface area contributed by atoms with E-state index < -0.39 is 6.10 Å². The molecular formula is C64H106O6. The Morgan fingerprint density at radius 1 is 0.300 bits per heavy atom. The Bertz CT molecular complexity index is 1440. The van der Waals surface area contributed by atoms with Gasteiger partial charge in [0.25, 0.3) is 0 Å². The summed E-state index contributed by atoms with van der Waals surface area (Å²) in [5.41, 5.74) is 0. The van der Waals surface area contributed by atoms with Crippen molar-refractivity contribution in [2.24, 2.45) is 0 Å². The number of esters is 3. The first kappa shape index (κ1) is 66.1. The fourth-order valence-electron chi connectivity index (χ4n) is 7.70. The summed E-state index contributed by atoms with van der Waals surface area (Å²) in [5, 5.41) is 0. The number of hydrogen-bond acceptors (Lipinski definition) is 6. The van der Waals surface area contributed by atoms with Gasteiger partial charge in [-0.15, -0.1) is 0 Å². The SMILES string of the molecule is CC/C=C\C/C=C\C/C=C\C/C=C\C/C=C\C/C=C\C/C=C\CCCC(=O)OCC(COC(=O)CCCCCCCCCCCCCC)OC(=O)CCCCCCCCC/C=C\C/C=C\CCCCC. The maximum Gasteiger partial charge on any atom is 0.306 e. The molecule has 1 unspecified atom stereocenters. The summed E-state index contributed by atoms with van der Waals surface area (Å²) in [5.74, 6) is -0.968. The lowest BCUT2D eigenvalue weighted by molar-refractivity contribution is -0.167. The molecule has 0 fully saturated rings. The fourth-order valence-corrected chi connectivity index (χ4v) is 7.70. The van der Waals surface area contributed by atoms with E-state index in [-0.39, 0.29) is 37.5 Å². The molecule has 0 aromatic heterocycles. The van der Waals surface area contributed by atoms with E-state index in [1.165, 1.54) is 109 Å². The molecule has 398 valence electrons. The Morgan fingerprint density at radius 2 is 0.571 bits per heavy atom. The predicted molar refractivity (Wildman–Crippen MR) is 302 cm³/mol. The minimum absolute atomic E-state index is 0.0988. The van der Waals surface area contributed by atoms with E-state index >= 15 is 0 Å². The van der Waals surface area contributed by atoms with E-state index in [9.17, 15) is 14.4 Å². The zero-order valence-corrected chi connectivity index (χ0v) is 45.5. The lowest BCUT2D eigenvalue weighted by Crippen LogP contribution is -2.30. The maximum atomic E-state index is 12.8. The van der Waals surface area contributed by atoms with Gasteiger partial charge in [-0.25, -0.2) is 0 Å². The van der Waals surface area contributed by atoms with Gasteiger partial charge in [-0.2, -0.15) is 0 Å². The highest BCUT2D eigenvalue weighted by molar-refractivity contribution is 5.71. The van der Waals surface area contributed by atoms with Gasteiger partial charge in [-0.05, 0) is 103 Å². The number of hydrogen-bond donors (Lipinski definition) is 0. The summed E-state index contributed by atoms with van der Waals surface area (Å²) in [4.78, 5) is 38.1. The lowest BCUT2D eigenvalue weighted by atomic mass is 10.0. The second-order valence-electron chi connectivity index (χ2n) is 18.8. The van der Waals surface area contributed by atoms with Gasteiger partial charge >= 0.3 is 17.9 Å². The predicted octanol–water partition coefficient (Wildman–Crippen LogP) is 19.5. The highest BCUT2D eigenvalue weighted by Crippen LogP contribution is 2.15. The molecule has 0 rings (SSSR count). The Balaban J connectivity index is 4.47. The molecule has 0 saturated heterocycles. The van der Waals surface area contributed by atoms with Gasteiger partial charge in [-0.3, -0.25) is 14.4 Å². The van der Waals surface area contributed by atoms with Crippen molar-refractivity contribution in [2.75, 3.05) is 13.2 Å². The standard InChI is InChI=1S/C64H106O6/c1-4-7-10-13-16-19-22-25-27-29-30-31-32-33-34-36-37-39-42-45-48-51-54-57-63(66)69-60-61(59-68-62(65)56-53-50-47-44-41-24-21-18-15-12-9-6-3)70-64(67)58-55-52-49-46-43-40-38-35-28-26-23-20-17-14-11-8-5-2/h7,10,16-17,19-20,25-28,30-31,33-34,37,39,45,48,61H,4-6,8-9,11-15,18,21-24,29,32,35-36,38,40-44,46-47,49-60H2,1-3H3/b10-7-,19-16-,20-17-,27-25-,28-26-,31-30-,34-33-,39-37-,48-45-. The number of unbranched alkanes of at least 4 members (excludes halogenated alkanes) is 22. The van der Waals surface area contributed by atoms with E-state index in [0.29, 0.717) is 19.3 Å². The smallest absolute Gasteiger partial charge is 0.306 e. The van der Waals surface area contributed by atoms with Crippen LogP contribution >= 0.6 is 0 Å². The van der Waals surface area contributed by atoms with E-state index in [0.717, 1.165) is 103 Å². The molecule has 0 aromatic carbocycles. The number of rotatable bonds is 51. The van der Waals surface area contributed by atoms with Crippen LogP contribution in [-0.2, 0) is 28.6 Å². The fraction of sp³-hybridized carbons (Fsp3) is 0.672. The van der Waals surface area contributed by atoms with Crippen molar-refractivity contribution in [3.05, 3.63) is 109 Å². The van der Waals surface area contributed by atoms with Gasteiger partial charge in [0, 0.05) is 19.3 Å². The third-order valence-electron chi connectivity index (χ3n) is 12.0. The van der Waals surface area contributed by atoms with Crippen LogP contribution in [0.1, 0.15) is 258 Å². The van der Waals surface area contributed by atoms with Crippen LogP contribution in [0.15, 0.2) is 109 Å². The number of allylic oxidation sites excluding steroid dienone is 18. The van der Waals surface area contributed by atoms with Crippen molar-refractivity contribution < 1.29 is 28.6 Å². The molecule has 0 radical (unpaired) electrons. The lowest BCUT2D eigenvalue weighted by Gasteiger charge is -2.18. The van der Waals surface area contributed by atoms with Crippen LogP contribution in [0, 0.1) is 0 Å². The molecule has 0 heterocycles. The van der Waals surface area contributed by atoms with Crippen molar-refractivity contribution in [2.45, 2.75) is 264 Å². The Kier molecular flexibility index (Phi) is 54.4. The third-order valence-corrected chi connectivity index (χ3v) is 12.0. The van der Waals surface area contributed by atoms with Gasteiger partial charge in [0.1, 0.15) is 13.2 Å². The van der Waals surface area contributed by atoms with E-state index in [1.807, 2.05) is 0 Å². The monoisotopic (exact) mass is 971 g/mol. The Morgan fingerprint density at radius 3 is 0.957 bits per heavy atom. The van der Waals surface area contributed by atoms with Crippen LogP contribution < -0.4 is 0 Å². The molecular weight excluding hydrogens is 865 g/mol. The van der Waals surface area contributed by atoms with Crippen LogP contribution in [0.3, 0.4) is 0 Å². The van der Waals surface area contributed by atoms with Crippen molar-refractivity contribution in [3.8, 4) is 0 Å². The molecule has 0 aliphatic rings. The van der Waals surface area contributed by atoms with E-state index in [1.54, 1.807) is 0 Å². The topological polar surface area (TPSA) is 78.9 Å². The van der Waals surface area contributed by atoms with E-state index in [4.69, 9.17) is 14.2 Å². The average molecular weight is 972 g/mol. The summed E-state index contributed by atoms with van der Waals surface area (Å²) in [6, 6.07) is 0. The Hall–Kier alpha value is -3.93. The molecule has 70 heavy (non-hydrogen) atoms.